The minimum absolute atomic E-state index is 0.0763. The van der Waals surface area contributed by atoms with Gasteiger partial charge in [-0.05, 0) is 50.9 Å². The van der Waals surface area contributed by atoms with Crippen molar-refractivity contribution in [1.82, 2.24) is 20.3 Å². The smallest absolute Gasteiger partial charge is 0.273 e. The number of rotatable bonds is 4. The molecule has 0 saturated heterocycles. The topological polar surface area (TPSA) is 85.8 Å². The fourth-order valence-corrected chi connectivity index (χ4v) is 3.66. The zero-order valence-corrected chi connectivity index (χ0v) is 12.9. The Morgan fingerprint density at radius 1 is 1.43 bits per heavy atom. The minimum atomic E-state index is -0.0763. The normalized spacial score (nSPS) is 31.4. The number of amides is 1. The van der Waals surface area contributed by atoms with Crippen LogP contribution < -0.4 is 11.1 Å². The van der Waals surface area contributed by atoms with Crippen molar-refractivity contribution in [1.29, 1.82) is 0 Å². The highest BCUT2D eigenvalue weighted by Crippen LogP contribution is 2.54. The maximum absolute atomic E-state index is 12.4. The highest BCUT2D eigenvalue weighted by molar-refractivity contribution is 5.93. The van der Waals surface area contributed by atoms with Gasteiger partial charge in [0.15, 0.2) is 5.69 Å². The van der Waals surface area contributed by atoms with E-state index in [0.717, 1.165) is 44.3 Å². The number of nitrogens with one attached hydrogen (secondary N) is 1. The molecule has 116 valence electrons. The third-order valence-corrected chi connectivity index (χ3v) is 5.26. The van der Waals surface area contributed by atoms with Crippen molar-refractivity contribution in [3.05, 3.63) is 11.4 Å². The van der Waals surface area contributed by atoms with Crippen molar-refractivity contribution >= 4 is 5.91 Å². The van der Waals surface area contributed by atoms with Crippen LogP contribution in [0.2, 0.25) is 0 Å². The number of hydrogen-bond acceptors (Lipinski definition) is 4. The van der Waals surface area contributed by atoms with Gasteiger partial charge in [0.25, 0.3) is 5.91 Å². The van der Waals surface area contributed by atoms with Gasteiger partial charge in [0.05, 0.1) is 5.69 Å². The Morgan fingerprint density at radius 2 is 2.10 bits per heavy atom. The zero-order chi connectivity index (χ0) is 15.0. The van der Waals surface area contributed by atoms with Crippen LogP contribution in [0.5, 0.6) is 0 Å². The number of hydrogen-bond donors (Lipinski definition) is 2. The van der Waals surface area contributed by atoms with E-state index in [-0.39, 0.29) is 11.9 Å². The van der Waals surface area contributed by atoms with Crippen molar-refractivity contribution in [3.63, 3.8) is 0 Å². The number of carbonyl (C=O) groups is 1. The van der Waals surface area contributed by atoms with E-state index in [1.165, 1.54) is 6.42 Å². The summed E-state index contributed by atoms with van der Waals surface area (Å²) in [4.78, 5) is 12.4. The van der Waals surface area contributed by atoms with Crippen LogP contribution in [0.25, 0.3) is 0 Å². The molecule has 0 aromatic carbocycles. The molecule has 1 atom stereocenters. The summed E-state index contributed by atoms with van der Waals surface area (Å²) in [6.07, 6.45) is 6.28. The average molecular weight is 291 g/mol. The Morgan fingerprint density at radius 3 is 2.62 bits per heavy atom. The molecule has 6 heteroatoms. The number of aromatic nitrogens is 3. The molecule has 1 unspecified atom stereocenters. The number of carbonyl (C=O) groups excluding carboxylic acids is 1. The van der Waals surface area contributed by atoms with Crippen LogP contribution in [-0.2, 0) is 13.0 Å². The van der Waals surface area contributed by atoms with E-state index in [4.69, 9.17) is 5.73 Å². The second kappa shape index (κ2) is 5.40. The summed E-state index contributed by atoms with van der Waals surface area (Å²) < 4.78 is 1.80. The first-order valence-electron chi connectivity index (χ1n) is 8.08. The predicted octanol–water partition coefficient (Wildman–Crippen LogP) is 1.25. The second-order valence-electron chi connectivity index (χ2n) is 6.47. The molecule has 2 saturated carbocycles. The zero-order valence-electron chi connectivity index (χ0n) is 12.9. The third-order valence-electron chi connectivity index (χ3n) is 5.26. The van der Waals surface area contributed by atoms with Crippen molar-refractivity contribution in [2.75, 3.05) is 0 Å². The SMILES string of the molecule is CCc1c(C(=O)NC2CCC3(CC2)CC3N)nnn1CC. The van der Waals surface area contributed by atoms with Gasteiger partial charge in [0, 0.05) is 18.6 Å². The largest absolute Gasteiger partial charge is 0.348 e. The van der Waals surface area contributed by atoms with Crippen LogP contribution in [0.15, 0.2) is 0 Å². The maximum atomic E-state index is 12.4. The van der Waals surface area contributed by atoms with Gasteiger partial charge in [-0.25, -0.2) is 4.68 Å². The molecule has 21 heavy (non-hydrogen) atoms. The highest BCUT2D eigenvalue weighted by Gasteiger charge is 2.52. The third kappa shape index (κ3) is 2.57. The van der Waals surface area contributed by atoms with E-state index < -0.39 is 0 Å². The van der Waals surface area contributed by atoms with Gasteiger partial charge in [-0.2, -0.15) is 0 Å². The maximum Gasteiger partial charge on any atom is 0.273 e. The van der Waals surface area contributed by atoms with E-state index in [1.54, 1.807) is 4.68 Å². The molecule has 3 rings (SSSR count). The lowest BCUT2D eigenvalue weighted by Gasteiger charge is -2.29. The summed E-state index contributed by atoms with van der Waals surface area (Å²) in [6, 6.07) is 0.651. The van der Waals surface area contributed by atoms with E-state index in [0.29, 0.717) is 17.2 Å². The van der Waals surface area contributed by atoms with Crippen LogP contribution in [0, 0.1) is 5.41 Å². The first-order chi connectivity index (χ1) is 10.1. The number of nitrogens with two attached hydrogens (primary N) is 1. The molecular formula is C15H25N5O. The molecule has 2 aliphatic rings. The standard InChI is InChI=1S/C15H25N5O/c1-3-11-13(18-19-20(11)4-2)14(21)17-10-5-7-15(8-6-10)9-12(15)16/h10,12H,3-9,16H2,1-2H3,(H,17,21). The van der Waals surface area contributed by atoms with Gasteiger partial charge in [0.2, 0.25) is 0 Å². The lowest BCUT2D eigenvalue weighted by molar-refractivity contribution is 0.0913. The Bertz CT molecular complexity index is 530. The van der Waals surface area contributed by atoms with E-state index in [1.807, 2.05) is 13.8 Å². The van der Waals surface area contributed by atoms with Gasteiger partial charge < -0.3 is 11.1 Å². The lowest BCUT2D eigenvalue weighted by atomic mass is 9.83. The van der Waals surface area contributed by atoms with Gasteiger partial charge in [-0.15, -0.1) is 5.10 Å². The minimum Gasteiger partial charge on any atom is -0.348 e. The Kier molecular flexibility index (Phi) is 3.73. The Balaban J connectivity index is 1.61. The number of nitrogens with zero attached hydrogens (tertiary/aromatic N) is 3. The van der Waals surface area contributed by atoms with Gasteiger partial charge in [0.1, 0.15) is 0 Å². The molecule has 2 aliphatic carbocycles. The van der Waals surface area contributed by atoms with Gasteiger partial charge in [-0.3, -0.25) is 4.79 Å². The summed E-state index contributed by atoms with van der Waals surface area (Å²) in [7, 11) is 0. The van der Waals surface area contributed by atoms with E-state index in [2.05, 4.69) is 15.6 Å². The molecule has 2 fully saturated rings. The Hall–Kier alpha value is -1.43. The molecular weight excluding hydrogens is 266 g/mol. The second-order valence-corrected chi connectivity index (χ2v) is 6.47. The monoisotopic (exact) mass is 291 g/mol. The Labute approximate surface area is 125 Å². The summed E-state index contributed by atoms with van der Waals surface area (Å²) in [5.41, 5.74) is 7.83. The van der Waals surface area contributed by atoms with Crippen LogP contribution in [0.1, 0.15) is 62.1 Å². The fourth-order valence-electron chi connectivity index (χ4n) is 3.66. The summed E-state index contributed by atoms with van der Waals surface area (Å²) in [5.74, 6) is -0.0763. The molecule has 0 aliphatic heterocycles. The molecule has 1 heterocycles. The quantitative estimate of drug-likeness (QED) is 0.874. The summed E-state index contributed by atoms with van der Waals surface area (Å²) in [6.45, 7) is 4.78. The predicted molar refractivity (Wildman–Crippen MR) is 79.8 cm³/mol. The molecule has 0 radical (unpaired) electrons. The average Bonchev–Trinajstić information content (AvgIpc) is 2.94. The van der Waals surface area contributed by atoms with Crippen molar-refractivity contribution in [2.45, 2.75) is 71.0 Å². The van der Waals surface area contributed by atoms with Crippen molar-refractivity contribution in [2.24, 2.45) is 11.1 Å². The molecule has 1 amide bonds. The molecule has 6 nitrogen and oxygen atoms in total. The van der Waals surface area contributed by atoms with E-state index >= 15 is 0 Å². The molecule has 3 N–H and O–H groups in total. The summed E-state index contributed by atoms with van der Waals surface area (Å²) >= 11 is 0. The molecule has 1 spiro atoms. The van der Waals surface area contributed by atoms with Crippen LogP contribution >= 0.6 is 0 Å². The van der Waals surface area contributed by atoms with Crippen molar-refractivity contribution < 1.29 is 4.79 Å². The fraction of sp³-hybridized carbons (Fsp3) is 0.800. The first kappa shape index (κ1) is 14.5. The molecule has 1 aromatic rings. The summed E-state index contributed by atoms with van der Waals surface area (Å²) in [5, 5.41) is 11.2. The number of aryl methyl sites for hydroxylation is 1. The molecule has 0 bridgehead atoms. The first-order valence-corrected chi connectivity index (χ1v) is 8.08. The molecule has 1 aromatic heterocycles. The van der Waals surface area contributed by atoms with Crippen LogP contribution in [-0.4, -0.2) is 33.0 Å². The van der Waals surface area contributed by atoms with E-state index in [9.17, 15) is 4.79 Å². The highest BCUT2D eigenvalue weighted by atomic mass is 16.2. The van der Waals surface area contributed by atoms with Crippen LogP contribution in [0.4, 0.5) is 0 Å². The van der Waals surface area contributed by atoms with Crippen molar-refractivity contribution in [3.8, 4) is 0 Å². The lowest BCUT2D eigenvalue weighted by Crippen LogP contribution is -2.39. The van der Waals surface area contributed by atoms with Crippen LogP contribution in [0.3, 0.4) is 0 Å². The van der Waals surface area contributed by atoms with Gasteiger partial charge >= 0.3 is 0 Å². The van der Waals surface area contributed by atoms with Gasteiger partial charge in [-0.1, -0.05) is 12.1 Å².